The maximum atomic E-state index is 4.74. The molecule has 0 aliphatic carbocycles. The van der Waals surface area contributed by atoms with Crippen LogP contribution >= 0.6 is 0 Å². The van der Waals surface area contributed by atoms with E-state index in [1.54, 1.807) is 0 Å². The van der Waals surface area contributed by atoms with Crippen LogP contribution in [0.15, 0.2) is 30.5 Å². The van der Waals surface area contributed by atoms with Crippen molar-refractivity contribution in [2.24, 2.45) is 0 Å². The van der Waals surface area contributed by atoms with Gasteiger partial charge in [0.15, 0.2) is 11.2 Å². The molecule has 0 bridgehead atoms. The smallest absolute Gasteiger partial charge is 0.252 e. The van der Waals surface area contributed by atoms with Crippen molar-refractivity contribution in [3.63, 3.8) is 0 Å². The predicted octanol–water partition coefficient (Wildman–Crippen LogP) is 2.70. The first-order valence-corrected chi connectivity index (χ1v) is 7.59. The summed E-state index contributed by atoms with van der Waals surface area (Å²) in [5, 5.41) is 2.72. The Labute approximate surface area is 121 Å². The molecule has 0 fully saturated rings. The largest absolute Gasteiger partial charge is 0.296 e. The van der Waals surface area contributed by atoms with Crippen LogP contribution in [0.3, 0.4) is 0 Å². The lowest BCUT2D eigenvalue weighted by atomic mass is 9.98. The van der Waals surface area contributed by atoms with E-state index in [9.17, 15) is 0 Å². The molecular weight excluding hydrogens is 258 g/mol. The highest BCUT2D eigenvalue weighted by atomic mass is 15.2. The second-order valence-electron chi connectivity index (χ2n) is 6.28. The first kappa shape index (κ1) is 10.3. The second kappa shape index (κ2) is 3.08. The van der Waals surface area contributed by atoms with Gasteiger partial charge in [-0.3, -0.25) is 4.98 Å². The zero-order valence-corrected chi connectivity index (χ0v) is 11.8. The summed E-state index contributed by atoms with van der Waals surface area (Å²) in [6.45, 7) is 3.28. The molecule has 100 valence electrons. The highest BCUT2D eigenvalue weighted by Gasteiger charge is 2.35. The molecule has 0 amide bonds. The molecule has 2 aliphatic heterocycles. The van der Waals surface area contributed by atoms with E-state index in [-0.39, 0.29) is 0 Å². The van der Waals surface area contributed by atoms with Gasteiger partial charge in [-0.15, -0.1) is 0 Å². The Hall–Kier alpha value is -2.42. The van der Waals surface area contributed by atoms with Gasteiger partial charge < -0.3 is 0 Å². The summed E-state index contributed by atoms with van der Waals surface area (Å²) in [4.78, 5) is 4.74. The van der Waals surface area contributed by atoms with Crippen molar-refractivity contribution in [3.8, 4) is 0 Å². The maximum absolute atomic E-state index is 4.74. The molecule has 0 unspecified atom stereocenters. The van der Waals surface area contributed by atoms with E-state index in [2.05, 4.69) is 40.2 Å². The average Bonchev–Trinajstić information content (AvgIpc) is 3.03. The van der Waals surface area contributed by atoms with E-state index in [4.69, 9.17) is 4.98 Å². The molecule has 0 atom stereocenters. The van der Waals surface area contributed by atoms with E-state index in [1.165, 1.54) is 50.0 Å². The highest BCUT2D eigenvalue weighted by molar-refractivity contribution is 6.10. The SMILES string of the molecule is Cc1c2[n+]3c4c(ccnc4c4cccc5c4c3n1C5)CC2. The first-order chi connectivity index (χ1) is 10.3. The minimum Gasteiger partial charge on any atom is -0.252 e. The molecule has 0 saturated heterocycles. The van der Waals surface area contributed by atoms with Crippen molar-refractivity contribution in [1.29, 1.82) is 0 Å². The Morgan fingerprint density at radius 2 is 2.10 bits per heavy atom. The first-order valence-electron chi connectivity index (χ1n) is 7.59. The van der Waals surface area contributed by atoms with Gasteiger partial charge in [-0.25, -0.2) is 4.57 Å². The Morgan fingerprint density at radius 1 is 1.14 bits per heavy atom. The fourth-order valence-corrected chi connectivity index (χ4v) is 4.46. The molecule has 4 aromatic rings. The summed E-state index contributed by atoms with van der Waals surface area (Å²) in [7, 11) is 0. The van der Waals surface area contributed by atoms with Gasteiger partial charge in [0.1, 0.15) is 17.8 Å². The van der Waals surface area contributed by atoms with E-state index in [0.29, 0.717) is 0 Å². The van der Waals surface area contributed by atoms with Crippen molar-refractivity contribution in [2.75, 3.05) is 0 Å². The number of nitrogens with zero attached hydrogens (tertiary/aromatic N) is 3. The van der Waals surface area contributed by atoms with Gasteiger partial charge in [0.2, 0.25) is 0 Å². The Bertz CT molecular complexity index is 1120. The molecule has 0 spiro atoms. The third kappa shape index (κ3) is 0.963. The molecule has 3 heteroatoms. The third-order valence-electron chi connectivity index (χ3n) is 5.38. The molecule has 0 N–H and O–H groups in total. The number of aromatic nitrogens is 3. The van der Waals surface area contributed by atoms with Crippen LogP contribution < -0.4 is 4.40 Å². The lowest BCUT2D eigenvalue weighted by Gasteiger charge is -2.12. The van der Waals surface area contributed by atoms with Crippen LogP contribution in [-0.4, -0.2) is 9.55 Å². The molecule has 0 radical (unpaired) electrons. The molecule has 2 aliphatic rings. The molecule has 0 saturated carbocycles. The van der Waals surface area contributed by atoms with E-state index in [0.717, 1.165) is 19.4 Å². The van der Waals surface area contributed by atoms with Crippen molar-refractivity contribution in [2.45, 2.75) is 26.3 Å². The number of aryl methyl sites for hydroxylation is 2. The quantitative estimate of drug-likeness (QED) is 0.314. The lowest BCUT2D eigenvalue weighted by molar-refractivity contribution is -0.492. The van der Waals surface area contributed by atoms with Gasteiger partial charge in [-0.05, 0) is 12.5 Å². The van der Waals surface area contributed by atoms with Crippen molar-refractivity contribution in [3.05, 3.63) is 53.0 Å². The maximum Gasteiger partial charge on any atom is 0.296 e. The van der Waals surface area contributed by atoms with Gasteiger partial charge in [-0.2, -0.15) is 4.40 Å². The van der Waals surface area contributed by atoms with Crippen LogP contribution in [-0.2, 0) is 19.4 Å². The number of rotatable bonds is 0. The highest BCUT2D eigenvalue weighted by Crippen LogP contribution is 2.37. The molecule has 5 heterocycles. The number of fused-ring (bicyclic) bond motifs is 1. The van der Waals surface area contributed by atoms with Gasteiger partial charge in [0.25, 0.3) is 5.65 Å². The van der Waals surface area contributed by atoms with Crippen molar-refractivity contribution >= 4 is 27.5 Å². The minimum absolute atomic E-state index is 1.01. The van der Waals surface area contributed by atoms with Crippen LogP contribution in [0, 0.1) is 6.92 Å². The number of hydrogen-bond donors (Lipinski definition) is 0. The molecule has 21 heavy (non-hydrogen) atoms. The zero-order valence-electron chi connectivity index (χ0n) is 11.8. The standard InChI is InChI=1S/C18H14N3/c1-10-14-6-5-11-7-8-19-16-13-4-2-3-12-9-20(10)18(15(12)13)21(14)17(11)16/h2-4,7-8H,5-6,9H2,1H3/q+1. The van der Waals surface area contributed by atoms with Crippen LogP contribution in [0.2, 0.25) is 0 Å². The van der Waals surface area contributed by atoms with E-state index in [1.807, 2.05) is 6.20 Å². The fourth-order valence-electron chi connectivity index (χ4n) is 4.46. The van der Waals surface area contributed by atoms with Gasteiger partial charge in [0, 0.05) is 36.1 Å². The summed E-state index contributed by atoms with van der Waals surface area (Å²) in [5.74, 6) is 0. The number of hydrogen-bond acceptors (Lipinski definition) is 1. The van der Waals surface area contributed by atoms with Crippen molar-refractivity contribution < 1.29 is 4.40 Å². The van der Waals surface area contributed by atoms with Crippen molar-refractivity contribution in [1.82, 2.24) is 9.55 Å². The molecule has 3 aromatic heterocycles. The lowest BCUT2D eigenvalue weighted by Crippen LogP contribution is -2.31. The summed E-state index contributed by atoms with van der Waals surface area (Å²) >= 11 is 0. The Balaban J connectivity index is 2.13. The number of benzene rings is 1. The van der Waals surface area contributed by atoms with Crippen LogP contribution in [0.4, 0.5) is 0 Å². The Morgan fingerprint density at radius 3 is 3.05 bits per heavy atom. The van der Waals surface area contributed by atoms with Gasteiger partial charge >= 0.3 is 0 Å². The second-order valence-corrected chi connectivity index (χ2v) is 6.28. The monoisotopic (exact) mass is 272 g/mol. The summed E-state index contributed by atoms with van der Waals surface area (Å²) in [6, 6.07) is 8.86. The van der Waals surface area contributed by atoms with Crippen LogP contribution in [0.1, 0.15) is 22.5 Å². The topological polar surface area (TPSA) is 21.9 Å². The summed E-state index contributed by atoms with van der Waals surface area (Å²) in [6.07, 6.45) is 4.24. The van der Waals surface area contributed by atoms with Gasteiger partial charge in [0.05, 0.1) is 5.39 Å². The summed E-state index contributed by atoms with van der Waals surface area (Å²) < 4.78 is 4.99. The van der Waals surface area contributed by atoms with Gasteiger partial charge in [-0.1, -0.05) is 18.2 Å². The minimum atomic E-state index is 1.01. The Kier molecular flexibility index (Phi) is 1.52. The van der Waals surface area contributed by atoms with E-state index < -0.39 is 0 Å². The molecule has 6 rings (SSSR count). The third-order valence-corrected chi connectivity index (χ3v) is 5.38. The fraction of sp³-hybridized carbons (Fsp3) is 0.222. The molecule has 3 nitrogen and oxygen atoms in total. The predicted molar refractivity (Wildman–Crippen MR) is 81.6 cm³/mol. The molecular formula is C18H14N3+. The zero-order chi connectivity index (χ0) is 13.7. The normalized spacial score (nSPS) is 15.3. The number of imidazole rings is 1. The number of pyridine rings is 2. The molecule has 1 aromatic carbocycles. The summed E-state index contributed by atoms with van der Waals surface area (Å²) in [5.41, 5.74) is 9.66. The average molecular weight is 272 g/mol. The van der Waals surface area contributed by atoms with E-state index >= 15 is 0 Å². The van der Waals surface area contributed by atoms with Crippen LogP contribution in [0.5, 0.6) is 0 Å². The van der Waals surface area contributed by atoms with Crippen LogP contribution in [0.25, 0.3) is 27.5 Å².